The van der Waals surface area contributed by atoms with Gasteiger partial charge in [-0.1, -0.05) is 54.6 Å². The summed E-state index contributed by atoms with van der Waals surface area (Å²) >= 11 is 0. The van der Waals surface area contributed by atoms with Crippen LogP contribution in [0.15, 0.2) is 66.7 Å². The van der Waals surface area contributed by atoms with E-state index < -0.39 is 24.3 Å². The molecule has 1 aliphatic carbocycles. The molecule has 0 fully saturated rings. The van der Waals surface area contributed by atoms with Gasteiger partial charge in [0.2, 0.25) is 0 Å². The Labute approximate surface area is 190 Å². The number of carboxylic acid groups (broad SMARTS) is 1. The first-order chi connectivity index (χ1) is 15.9. The molecule has 2 atom stereocenters. The second-order valence-electron chi connectivity index (χ2n) is 7.87. The van der Waals surface area contributed by atoms with Gasteiger partial charge in [0, 0.05) is 23.7 Å². The SMILES string of the molecule is Nc1cc(C(=O)O)ccc1C(O)C(O)CNC(=O)OCC1c2ccccc2-c2ccccc21. The zero-order valence-electron chi connectivity index (χ0n) is 17.6. The molecule has 6 N–H and O–H groups in total. The Balaban J connectivity index is 1.34. The molecule has 3 aromatic carbocycles. The van der Waals surface area contributed by atoms with Gasteiger partial charge in [-0.3, -0.25) is 0 Å². The number of hydrogen-bond acceptors (Lipinski definition) is 6. The molecule has 0 saturated heterocycles. The van der Waals surface area contributed by atoms with Crippen LogP contribution in [0.4, 0.5) is 10.5 Å². The first-order valence-electron chi connectivity index (χ1n) is 10.4. The third kappa shape index (κ3) is 4.52. The first-order valence-corrected chi connectivity index (χ1v) is 10.4. The van der Waals surface area contributed by atoms with Crippen molar-refractivity contribution in [1.82, 2.24) is 5.32 Å². The Morgan fingerprint density at radius 2 is 1.58 bits per heavy atom. The van der Waals surface area contributed by atoms with Crippen molar-refractivity contribution < 1.29 is 29.6 Å². The van der Waals surface area contributed by atoms with E-state index in [9.17, 15) is 19.8 Å². The standard InChI is InChI=1S/C25H24N2O6/c26-21-11-14(24(30)31)9-10-19(21)23(29)22(28)12-27-25(32)33-13-20-17-7-3-1-5-15(17)16-6-2-4-8-18(16)20/h1-11,20,22-23,28-29H,12-13,26H2,(H,27,32)(H,30,31). The van der Waals surface area contributed by atoms with Crippen LogP contribution in [0.1, 0.15) is 39.1 Å². The average molecular weight is 448 g/mol. The molecule has 1 amide bonds. The minimum absolute atomic E-state index is 0.0302. The summed E-state index contributed by atoms with van der Waals surface area (Å²) in [6, 6.07) is 19.8. The molecule has 0 heterocycles. The van der Waals surface area contributed by atoms with Crippen molar-refractivity contribution in [3.05, 3.63) is 89.0 Å². The Bertz CT molecular complexity index is 1150. The van der Waals surface area contributed by atoms with Gasteiger partial charge in [-0.05, 0) is 34.4 Å². The number of benzene rings is 3. The molecule has 1 aliphatic rings. The summed E-state index contributed by atoms with van der Waals surface area (Å²) in [6.45, 7) is -0.153. The lowest BCUT2D eigenvalue weighted by Crippen LogP contribution is -2.36. The van der Waals surface area contributed by atoms with Crippen molar-refractivity contribution >= 4 is 17.7 Å². The van der Waals surface area contributed by atoms with Crippen molar-refractivity contribution in [2.45, 2.75) is 18.1 Å². The third-order valence-electron chi connectivity index (χ3n) is 5.82. The van der Waals surface area contributed by atoms with Gasteiger partial charge in [0.15, 0.2) is 0 Å². The lowest BCUT2D eigenvalue weighted by molar-refractivity contribution is 0.0189. The topological polar surface area (TPSA) is 142 Å². The number of fused-ring (bicyclic) bond motifs is 3. The van der Waals surface area contributed by atoms with E-state index in [-0.39, 0.29) is 35.9 Å². The number of nitrogens with two attached hydrogens (primary N) is 1. The summed E-state index contributed by atoms with van der Waals surface area (Å²) in [5.41, 5.74) is 10.4. The number of rotatable bonds is 7. The number of anilines is 1. The molecular formula is C25H24N2O6. The number of nitrogen functional groups attached to an aromatic ring is 1. The number of carboxylic acids is 1. The van der Waals surface area contributed by atoms with Gasteiger partial charge in [0.05, 0.1) is 5.56 Å². The molecule has 170 valence electrons. The number of aliphatic hydroxyl groups excluding tert-OH is 2. The molecule has 0 aromatic heterocycles. The zero-order valence-corrected chi connectivity index (χ0v) is 17.6. The maximum Gasteiger partial charge on any atom is 0.407 e. The van der Waals surface area contributed by atoms with Crippen molar-refractivity contribution in [2.24, 2.45) is 0 Å². The normalized spacial score (nSPS) is 14.1. The Kier molecular flexibility index (Phi) is 6.30. The van der Waals surface area contributed by atoms with E-state index in [1.165, 1.54) is 18.2 Å². The van der Waals surface area contributed by atoms with Gasteiger partial charge in [-0.15, -0.1) is 0 Å². The van der Waals surface area contributed by atoms with Crippen LogP contribution >= 0.6 is 0 Å². The summed E-state index contributed by atoms with van der Waals surface area (Å²) < 4.78 is 5.41. The lowest BCUT2D eigenvalue weighted by Gasteiger charge is -2.20. The fourth-order valence-corrected chi connectivity index (χ4v) is 4.13. The predicted octanol–water partition coefficient (Wildman–Crippen LogP) is 2.90. The molecular weight excluding hydrogens is 424 g/mol. The molecule has 8 heteroatoms. The number of alkyl carbamates (subject to hydrolysis) is 1. The van der Waals surface area contributed by atoms with Crippen LogP contribution < -0.4 is 11.1 Å². The van der Waals surface area contributed by atoms with Crippen molar-refractivity contribution in [3.63, 3.8) is 0 Å². The second kappa shape index (κ2) is 9.32. The molecule has 0 saturated carbocycles. The van der Waals surface area contributed by atoms with E-state index in [0.717, 1.165) is 22.3 Å². The molecule has 2 unspecified atom stereocenters. The molecule has 0 aliphatic heterocycles. The highest BCUT2D eigenvalue weighted by Crippen LogP contribution is 2.44. The van der Waals surface area contributed by atoms with Crippen LogP contribution in [0.25, 0.3) is 11.1 Å². The number of carbonyl (C=O) groups is 2. The molecule has 0 spiro atoms. The highest BCUT2D eigenvalue weighted by Gasteiger charge is 2.29. The summed E-state index contributed by atoms with van der Waals surface area (Å²) in [5.74, 6) is -1.24. The average Bonchev–Trinajstić information content (AvgIpc) is 3.14. The van der Waals surface area contributed by atoms with Gasteiger partial charge in [0.1, 0.15) is 18.8 Å². The summed E-state index contributed by atoms with van der Waals surface area (Å²) in [6.07, 6.45) is -3.51. The third-order valence-corrected chi connectivity index (χ3v) is 5.82. The molecule has 3 aromatic rings. The van der Waals surface area contributed by atoms with E-state index in [2.05, 4.69) is 5.32 Å². The maximum absolute atomic E-state index is 12.3. The van der Waals surface area contributed by atoms with Crippen LogP contribution in [-0.4, -0.2) is 46.6 Å². The lowest BCUT2D eigenvalue weighted by atomic mass is 9.98. The number of ether oxygens (including phenoxy) is 1. The van der Waals surface area contributed by atoms with Gasteiger partial charge in [-0.25, -0.2) is 9.59 Å². The monoisotopic (exact) mass is 448 g/mol. The molecule has 0 bridgehead atoms. The maximum atomic E-state index is 12.3. The number of nitrogens with one attached hydrogen (secondary N) is 1. The Morgan fingerprint density at radius 1 is 0.970 bits per heavy atom. The van der Waals surface area contributed by atoms with Crippen LogP contribution in [0.5, 0.6) is 0 Å². The van der Waals surface area contributed by atoms with Gasteiger partial charge in [0.25, 0.3) is 0 Å². The summed E-state index contributed by atoms with van der Waals surface area (Å²) in [4.78, 5) is 23.3. The van der Waals surface area contributed by atoms with Crippen molar-refractivity contribution in [3.8, 4) is 11.1 Å². The van der Waals surface area contributed by atoms with Crippen LogP contribution in [0.3, 0.4) is 0 Å². The number of carbonyl (C=O) groups excluding carboxylic acids is 1. The number of amides is 1. The van der Waals surface area contributed by atoms with E-state index >= 15 is 0 Å². The van der Waals surface area contributed by atoms with E-state index in [4.69, 9.17) is 15.6 Å². The van der Waals surface area contributed by atoms with Crippen LogP contribution in [0.2, 0.25) is 0 Å². The predicted molar refractivity (Wildman–Crippen MR) is 122 cm³/mol. The Hall–Kier alpha value is -3.88. The van der Waals surface area contributed by atoms with Crippen molar-refractivity contribution in [1.29, 1.82) is 0 Å². The molecule has 8 nitrogen and oxygen atoms in total. The summed E-state index contributed by atoms with van der Waals surface area (Å²) in [5, 5.41) is 32.1. The smallest absolute Gasteiger partial charge is 0.407 e. The van der Waals surface area contributed by atoms with Crippen LogP contribution in [-0.2, 0) is 4.74 Å². The number of aromatic carboxylic acids is 1. The zero-order chi connectivity index (χ0) is 23.5. The second-order valence-corrected chi connectivity index (χ2v) is 7.87. The van der Waals surface area contributed by atoms with Gasteiger partial charge in [-0.2, -0.15) is 0 Å². The highest BCUT2D eigenvalue weighted by molar-refractivity contribution is 5.89. The van der Waals surface area contributed by atoms with Crippen LogP contribution in [0, 0.1) is 0 Å². The Morgan fingerprint density at radius 3 is 2.15 bits per heavy atom. The molecule has 33 heavy (non-hydrogen) atoms. The van der Waals surface area contributed by atoms with E-state index in [0.29, 0.717) is 0 Å². The fourth-order valence-electron chi connectivity index (χ4n) is 4.13. The van der Waals surface area contributed by atoms with Gasteiger partial charge < -0.3 is 31.1 Å². The van der Waals surface area contributed by atoms with E-state index in [1.807, 2.05) is 48.5 Å². The van der Waals surface area contributed by atoms with Crippen molar-refractivity contribution in [2.75, 3.05) is 18.9 Å². The number of hydrogen-bond donors (Lipinski definition) is 5. The summed E-state index contributed by atoms with van der Waals surface area (Å²) in [7, 11) is 0. The number of aliphatic hydroxyl groups is 2. The van der Waals surface area contributed by atoms with E-state index in [1.54, 1.807) is 0 Å². The largest absolute Gasteiger partial charge is 0.478 e. The first kappa shape index (κ1) is 22.3. The molecule has 0 radical (unpaired) electrons. The minimum atomic E-state index is -1.42. The quantitative estimate of drug-likeness (QED) is 0.350. The molecule has 4 rings (SSSR count). The highest BCUT2D eigenvalue weighted by atomic mass is 16.5. The fraction of sp³-hybridized carbons (Fsp3) is 0.200. The minimum Gasteiger partial charge on any atom is -0.478 e. The van der Waals surface area contributed by atoms with Gasteiger partial charge >= 0.3 is 12.1 Å².